The number of unbranched alkanes of at least 4 members (excludes halogenated alkanes) is 2. The van der Waals surface area contributed by atoms with Gasteiger partial charge in [0.25, 0.3) is 0 Å². The molecule has 1 N–H and O–H groups in total. The maximum Gasteiger partial charge on any atom is 0.153 e. The molecule has 0 spiro atoms. The van der Waals surface area contributed by atoms with E-state index in [4.69, 9.17) is 4.74 Å². The average Bonchev–Trinajstić information content (AvgIpc) is 2.43. The molecule has 2 nitrogen and oxygen atoms in total. The van der Waals surface area contributed by atoms with Gasteiger partial charge in [-0.2, -0.15) is 0 Å². The molecule has 1 aromatic rings. The van der Waals surface area contributed by atoms with Gasteiger partial charge in [-0.25, -0.2) is 0 Å². The number of hydrogen-bond acceptors (Lipinski definition) is 2. The highest BCUT2D eigenvalue weighted by Gasteiger charge is 2.29. The summed E-state index contributed by atoms with van der Waals surface area (Å²) in [4.78, 5) is 0. The molecular formula is C18H26O2. The van der Waals surface area contributed by atoms with Crippen molar-refractivity contribution in [1.82, 2.24) is 0 Å². The Morgan fingerprint density at radius 1 is 1.10 bits per heavy atom. The minimum Gasteiger partial charge on any atom is -0.378 e. The van der Waals surface area contributed by atoms with Gasteiger partial charge in [-0.15, -0.1) is 0 Å². The number of benzene rings is 1. The SMILES string of the molecule is CCCCCC(C#CC(C)(C)O)(OC)c1ccccc1. The highest BCUT2D eigenvalue weighted by Crippen LogP contribution is 2.31. The van der Waals surface area contributed by atoms with Crippen LogP contribution in [0.2, 0.25) is 0 Å². The third kappa shape index (κ3) is 5.00. The van der Waals surface area contributed by atoms with E-state index in [0.717, 1.165) is 31.2 Å². The van der Waals surface area contributed by atoms with E-state index in [1.807, 2.05) is 30.3 Å². The van der Waals surface area contributed by atoms with Crippen LogP contribution in [0.15, 0.2) is 30.3 Å². The molecule has 0 aromatic heterocycles. The van der Waals surface area contributed by atoms with Crippen LogP contribution in [-0.2, 0) is 10.3 Å². The molecule has 0 bridgehead atoms. The van der Waals surface area contributed by atoms with Gasteiger partial charge in [-0.3, -0.25) is 0 Å². The number of rotatable bonds is 6. The molecule has 0 aliphatic carbocycles. The van der Waals surface area contributed by atoms with Crippen molar-refractivity contribution in [1.29, 1.82) is 0 Å². The first-order chi connectivity index (χ1) is 9.43. The molecule has 2 heteroatoms. The maximum absolute atomic E-state index is 9.87. The monoisotopic (exact) mass is 274 g/mol. The van der Waals surface area contributed by atoms with E-state index in [-0.39, 0.29) is 0 Å². The number of aliphatic hydroxyl groups is 1. The highest BCUT2D eigenvalue weighted by molar-refractivity contribution is 5.33. The van der Waals surface area contributed by atoms with E-state index in [1.165, 1.54) is 0 Å². The Balaban J connectivity index is 3.11. The van der Waals surface area contributed by atoms with Crippen LogP contribution in [0.25, 0.3) is 0 Å². The first kappa shape index (κ1) is 16.8. The zero-order chi connectivity index (χ0) is 15.1. The fraction of sp³-hybridized carbons (Fsp3) is 0.556. The standard InChI is InChI=1S/C18H26O2/c1-5-6-10-13-18(20-4,15-14-17(2,3)19)16-11-8-7-9-12-16/h7-9,11-12,19H,5-6,10,13H2,1-4H3. The lowest BCUT2D eigenvalue weighted by molar-refractivity contribution is 0.0273. The number of ether oxygens (including phenoxy) is 1. The quantitative estimate of drug-likeness (QED) is 0.630. The Morgan fingerprint density at radius 3 is 2.25 bits per heavy atom. The summed E-state index contributed by atoms with van der Waals surface area (Å²) in [5.74, 6) is 6.10. The van der Waals surface area contributed by atoms with Crippen molar-refractivity contribution < 1.29 is 9.84 Å². The second-order valence-corrected chi connectivity index (χ2v) is 5.66. The summed E-state index contributed by atoms with van der Waals surface area (Å²) in [6.45, 7) is 5.56. The van der Waals surface area contributed by atoms with Crippen molar-refractivity contribution in [2.75, 3.05) is 7.11 Å². The molecule has 1 aromatic carbocycles. The van der Waals surface area contributed by atoms with Crippen molar-refractivity contribution in [2.24, 2.45) is 0 Å². The average molecular weight is 274 g/mol. The Hall–Kier alpha value is -1.30. The van der Waals surface area contributed by atoms with Crippen molar-refractivity contribution in [2.45, 2.75) is 57.7 Å². The van der Waals surface area contributed by atoms with Crippen molar-refractivity contribution >= 4 is 0 Å². The number of methoxy groups -OCH3 is 1. The van der Waals surface area contributed by atoms with E-state index in [9.17, 15) is 5.11 Å². The summed E-state index contributed by atoms with van der Waals surface area (Å²) < 4.78 is 5.78. The van der Waals surface area contributed by atoms with E-state index in [1.54, 1.807) is 21.0 Å². The molecule has 0 saturated heterocycles. The lowest BCUT2D eigenvalue weighted by Gasteiger charge is -2.28. The zero-order valence-electron chi connectivity index (χ0n) is 13.1. The topological polar surface area (TPSA) is 29.5 Å². The van der Waals surface area contributed by atoms with Crippen LogP contribution in [0, 0.1) is 11.8 Å². The third-order valence-corrected chi connectivity index (χ3v) is 3.29. The zero-order valence-corrected chi connectivity index (χ0v) is 13.1. The molecular weight excluding hydrogens is 248 g/mol. The predicted molar refractivity (Wildman–Crippen MR) is 83.3 cm³/mol. The summed E-state index contributed by atoms with van der Waals surface area (Å²) in [5, 5.41) is 9.87. The van der Waals surface area contributed by atoms with Crippen LogP contribution < -0.4 is 0 Å². The van der Waals surface area contributed by atoms with Gasteiger partial charge in [0.1, 0.15) is 5.60 Å². The summed E-state index contributed by atoms with van der Waals surface area (Å²) in [6.07, 6.45) is 4.21. The number of hydrogen-bond donors (Lipinski definition) is 1. The third-order valence-electron chi connectivity index (χ3n) is 3.29. The second kappa shape index (κ2) is 7.47. The molecule has 0 saturated carbocycles. The van der Waals surface area contributed by atoms with E-state index < -0.39 is 11.2 Å². The van der Waals surface area contributed by atoms with Gasteiger partial charge in [0.2, 0.25) is 0 Å². The van der Waals surface area contributed by atoms with Gasteiger partial charge in [0.15, 0.2) is 5.60 Å². The summed E-state index contributed by atoms with van der Waals surface area (Å²) >= 11 is 0. The Bertz CT molecular complexity index is 448. The first-order valence-electron chi connectivity index (χ1n) is 7.31. The normalized spacial score (nSPS) is 14.2. The summed E-state index contributed by atoms with van der Waals surface area (Å²) in [6, 6.07) is 10.0. The maximum atomic E-state index is 9.87. The predicted octanol–water partition coefficient (Wildman–Crippen LogP) is 3.88. The molecule has 0 radical (unpaired) electrons. The molecule has 20 heavy (non-hydrogen) atoms. The minimum atomic E-state index is -1.01. The highest BCUT2D eigenvalue weighted by atomic mass is 16.5. The minimum absolute atomic E-state index is 0.629. The molecule has 0 aliphatic rings. The van der Waals surface area contributed by atoms with Gasteiger partial charge < -0.3 is 9.84 Å². The van der Waals surface area contributed by atoms with Crippen LogP contribution in [0.5, 0.6) is 0 Å². The van der Waals surface area contributed by atoms with Gasteiger partial charge >= 0.3 is 0 Å². The van der Waals surface area contributed by atoms with Crippen molar-refractivity contribution in [3.63, 3.8) is 0 Å². The van der Waals surface area contributed by atoms with Crippen LogP contribution in [0.4, 0.5) is 0 Å². The summed E-state index contributed by atoms with van der Waals surface area (Å²) in [5.41, 5.74) is -0.588. The van der Waals surface area contributed by atoms with Crippen molar-refractivity contribution in [3.05, 3.63) is 35.9 Å². The van der Waals surface area contributed by atoms with Crippen LogP contribution in [-0.4, -0.2) is 17.8 Å². The molecule has 0 heterocycles. The van der Waals surface area contributed by atoms with E-state index in [0.29, 0.717) is 0 Å². The fourth-order valence-corrected chi connectivity index (χ4v) is 2.14. The van der Waals surface area contributed by atoms with Crippen LogP contribution >= 0.6 is 0 Å². The molecule has 1 unspecified atom stereocenters. The molecule has 1 atom stereocenters. The molecule has 110 valence electrons. The second-order valence-electron chi connectivity index (χ2n) is 5.66. The first-order valence-corrected chi connectivity index (χ1v) is 7.31. The lowest BCUT2D eigenvalue weighted by atomic mass is 9.87. The molecule has 0 aliphatic heterocycles. The Labute approximate surface area is 123 Å². The van der Waals surface area contributed by atoms with Crippen LogP contribution in [0.1, 0.15) is 52.0 Å². The summed E-state index contributed by atoms with van der Waals surface area (Å²) in [7, 11) is 1.69. The van der Waals surface area contributed by atoms with E-state index in [2.05, 4.69) is 18.8 Å². The van der Waals surface area contributed by atoms with E-state index >= 15 is 0 Å². The Kier molecular flexibility index (Phi) is 6.26. The van der Waals surface area contributed by atoms with Gasteiger partial charge in [-0.1, -0.05) is 61.9 Å². The molecule has 0 amide bonds. The lowest BCUT2D eigenvalue weighted by Crippen LogP contribution is -2.28. The van der Waals surface area contributed by atoms with Gasteiger partial charge in [0, 0.05) is 7.11 Å². The largest absolute Gasteiger partial charge is 0.378 e. The smallest absolute Gasteiger partial charge is 0.153 e. The van der Waals surface area contributed by atoms with Crippen molar-refractivity contribution in [3.8, 4) is 11.8 Å². The van der Waals surface area contributed by atoms with Gasteiger partial charge in [-0.05, 0) is 32.3 Å². The molecule has 1 rings (SSSR count). The van der Waals surface area contributed by atoms with Crippen LogP contribution in [0.3, 0.4) is 0 Å². The van der Waals surface area contributed by atoms with Gasteiger partial charge in [0.05, 0.1) is 0 Å². The Morgan fingerprint density at radius 2 is 1.75 bits per heavy atom. The molecule has 0 fully saturated rings. The fourth-order valence-electron chi connectivity index (χ4n) is 2.14.